The molecule has 1 atom stereocenters. The topological polar surface area (TPSA) is 29.5 Å². The van der Waals surface area contributed by atoms with Crippen LogP contribution in [0, 0.1) is 0 Å². The predicted octanol–water partition coefficient (Wildman–Crippen LogP) is 2.33. The van der Waals surface area contributed by atoms with Gasteiger partial charge in [-0.05, 0) is 38.5 Å². The normalized spacial score (nSPS) is 25.4. The lowest BCUT2D eigenvalue weighted by atomic mass is 9.91. The van der Waals surface area contributed by atoms with Gasteiger partial charge in [0.15, 0.2) is 0 Å². The van der Waals surface area contributed by atoms with E-state index >= 15 is 0 Å². The Morgan fingerprint density at radius 1 is 1.31 bits per heavy atom. The van der Waals surface area contributed by atoms with Gasteiger partial charge in [-0.1, -0.05) is 15.9 Å². The molecule has 1 unspecified atom stereocenters. The molecule has 4 heteroatoms. The third-order valence-electron chi connectivity index (χ3n) is 3.54. The molecule has 1 heterocycles. The monoisotopic (exact) mass is 289 g/mol. The van der Waals surface area contributed by atoms with Crippen LogP contribution in [0.3, 0.4) is 0 Å². The Morgan fingerprint density at radius 3 is 2.62 bits per heavy atom. The summed E-state index contributed by atoms with van der Waals surface area (Å²) in [7, 11) is 0. The third-order valence-corrected chi connectivity index (χ3v) is 4.10. The van der Waals surface area contributed by atoms with Crippen molar-refractivity contribution in [1.82, 2.24) is 4.90 Å². The number of carbonyl (C=O) groups excluding carboxylic acids is 1. The molecule has 1 aliphatic heterocycles. The average Bonchev–Trinajstić information content (AvgIpc) is 2.73. The minimum absolute atomic E-state index is 0.143. The lowest BCUT2D eigenvalue weighted by Gasteiger charge is -2.38. The number of alkyl halides is 1. The zero-order valence-electron chi connectivity index (χ0n) is 9.66. The molecule has 2 rings (SSSR count). The highest BCUT2D eigenvalue weighted by Gasteiger charge is 2.34. The van der Waals surface area contributed by atoms with Crippen LogP contribution in [0.4, 0.5) is 0 Å². The highest BCUT2D eigenvalue weighted by atomic mass is 79.9. The van der Waals surface area contributed by atoms with Crippen LogP contribution in [0.5, 0.6) is 0 Å². The van der Waals surface area contributed by atoms with Gasteiger partial charge >= 0.3 is 0 Å². The molecule has 3 nitrogen and oxygen atoms in total. The van der Waals surface area contributed by atoms with E-state index in [4.69, 9.17) is 4.74 Å². The van der Waals surface area contributed by atoms with Crippen LogP contribution in [-0.2, 0) is 9.53 Å². The zero-order chi connectivity index (χ0) is 11.4. The molecule has 0 spiro atoms. The first-order valence-electron chi connectivity index (χ1n) is 6.31. The van der Waals surface area contributed by atoms with Crippen molar-refractivity contribution in [3.05, 3.63) is 0 Å². The zero-order valence-corrected chi connectivity index (χ0v) is 11.2. The highest BCUT2D eigenvalue weighted by molar-refractivity contribution is 9.09. The van der Waals surface area contributed by atoms with Gasteiger partial charge in [-0.25, -0.2) is 0 Å². The van der Waals surface area contributed by atoms with Crippen molar-refractivity contribution < 1.29 is 9.53 Å². The molecular formula is C12H20BrNO2. The van der Waals surface area contributed by atoms with Crippen molar-refractivity contribution in [2.24, 2.45) is 0 Å². The maximum Gasteiger partial charge on any atom is 0.251 e. The molecule has 1 saturated carbocycles. The van der Waals surface area contributed by atoms with Gasteiger partial charge in [-0.15, -0.1) is 0 Å². The molecular weight excluding hydrogens is 270 g/mol. The van der Waals surface area contributed by atoms with Crippen LogP contribution in [0.15, 0.2) is 0 Å². The first-order chi connectivity index (χ1) is 7.83. The number of carbonyl (C=O) groups is 1. The fourth-order valence-electron chi connectivity index (χ4n) is 2.36. The van der Waals surface area contributed by atoms with Gasteiger partial charge < -0.3 is 9.64 Å². The molecule has 1 saturated heterocycles. The lowest BCUT2D eigenvalue weighted by molar-refractivity contribution is -0.145. The van der Waals surface area contributed by atoms with Gasteiger partial charge in [0.2, 0.25) is 0 Å². The second-order valence-electron chi connectivity index (χ2n) is 4.66. The maximum absolute atomic E-state index is 12.3. The summed E-state index contributed by atoms with van der Waals surface area (Å²) in [5, 5.41) is 0.967. The predicted molar refractivity (Wildman–Crippen MR) is 66.7 cm³/mol. The van der Waals surface area contributed by atoms with E-state index < -0.39 is 0 Å². The first-order valence-corrected chi connectivity index (χ1v) is 7.43. The molecule has 0 aromatic heterocycles. The van der Waals surface area contributed by atoms with Crippen LogP contribution in [0.2, 0.25) is 0 Å². The Hall–Kier alpha value is -0.0900. The van der Waals surface area contributed by atoms with E-state index in [2.05, 4.69) is 20.8 Å². The smallest absolute Gasteiger partial charge is 0.251 e. The molecule has 16 heavy (non-hydrogen) atoms. The van der Waals surface area contributed by atoms with E-state index in [0.29, 0.717) is 6.04 Å². The van der Waals surface area contributed by atoms with Crippen LogP contribution < -0.4 is 0 Å². The standard InChI is InChI=1S/C12H20BrNO2/c13-7-3-8-14(10-4-1-5-10)12(15)11-6-2-9-16-11/h10-11H,1-9H2. The second kappa shape index (κ2) is 6.01. The van der Waals surface area contributed by atoms with E-state index in [-0.39, 0.29) is 12.0 Å². The van der Waals surface area contributed by atoms with Gasteiger partial charge in [0.05, 0.1) is 0 Å². The van der Waals surface area contributed by atoms with Crippen molar-refractivity contribution in [3.8, 4) is 0 Å². The van der Waals surface area contributed by atoms with E-state index in [1.54, 1.807) is 0 Å². The summed E-state index contributed by atoms with van der Waals surface area (Å²) in [5.41, 5.74) is 0. The minimum atomic E-state index is -0.143. The summed E-state index contributed by atoms with van der Waals surface area (Å²) in [6.07, 6.45) is 6.48. The number of nitrogens with zero attached hydrogens (tertiary/aromatic N) is 1. The molecule has 92 valence electrons. The highest BCUT2D eigenvalue weighted by Crippen LogP contribution is 2.27. The number of halogens is 1. The van der Waals surface area contributed by atoms with Gasteiger partial charge in [0.1, 0.15) is 6.10 Å². The van der Waals surface area contributed by atoms with Crippen molar-refractivity contribution >= 4 is 21.8 Å². The number of amides is 1. The molecule has 0 aromatic carbocycles. The Kier molecular flexibility index (Phi) is 4.65. The fraction of sp³-hybridized carbons (Fsp3) is 0.917. The molecule has 2 fully saturated rings. The van der Waals surface area contributed by atoms with Gasteiger partial charge in [0, 0.05) is 24.5 Å². The van der Waals surface area contributed by atoms with Crippen LogP contribution in [0.1, 0.15) is 38.5 Å². The Balaban J connectivity index is 1.90. The molecule has 2 aliphatic rings. The van der Waals surface area contributed by atoms with Crippen molar-refractivity contribution in [2.75, 3.05) is 18.5 Å². The van der Waals surface area contributed by atoms with E-state index in [1.807, 2.05) is 0 Å². The number of ether oxygens (including phenoxy) is 1. The van der Waals surface area contributed by atoms with Crippen molar-refractivity contribution in [1.29, 1.82) is 0 Å². The number of rotatable bonds is 5. The Labute approximate surface area is 106 Å². The summed E-state index contributed by atoms with van der Waals surface area (Å²) >= 11 is 3.43. The first kappa shape index (κ1) is 12.4. The van der Waals surface area contributed by atoms with Crippen LogP contribution >= 0.6 is 15.9 Å². The molecule has 1 amide bonds. The average molecular weight is 290 g/mol. The molecule has 0 bridgehead atoms. The van der Waals surface area contributed by atoms with Crippen LogP contribution in [0.25, 0.3) is 0 Å². The maximum atomic E-state index is 12.3. The SMILES string of the molecule is O=C(C1CCCO1)N(CCCBr)C1CCC1. The van der Waals surface area contributed by atoms with E-state index in [1.165, 1.54) is 19.3 Å². The number of hydrogen-bond donors (Lipinski definition) is 0. The van der Waals surface area contributed by atoms with Gasteiger partial charge in [-0.3, -0.25) is 4.79 Å². The summed E-state index contributed by atoms with van der Waals surface area (Å²) < 4.78 is 5.49. The molecule has 1 aliphatic carbocycles. The summed E-state index contributed by atoms with van der Waals surface area (Å²) in [6, 6.07) is 0.496. The lowest BCUT2D eigenvalue weighted by Crippen LogP contribution is -2.48. The summed E-state index contributed by atoms with van der Waals surface area (Å²) in [6.45, 7) is 1.64. The summed E-state index contributed by atoms with van der Waals surface area (Å²) in [5.74, 6) is 0.239. The molecule has 0 N–H and O–H groups in total. The Morgan fingerprint density at radius 2 is 2.12 bits per heavy atom. The number of hydrogen-bond acceptors (Lipinski definition) is 2. The summed E-state index contributed by atoms with van der Waals surface area (Å²) in [4.78, 5) is 14.3. The van der Waals surface area contributed by atoms with E-state index in [9.17, 15) is 4.79 Å². The Bertz CT molecular complexity index is 237. The molecule has 0 radical (unpaired) electrons. The van der Waals surface area contributed by atoms with Crippen molar-refractivity contribution in [2.45, 2.75) is 50.7 Å². The second-order valence-corrected chi connectivity index (χ2v) is 5.45. The largest absolute Gasteiger partial charge is 0.368 e. The van der Waals surface area contributed by atoms with E-state index in [0.717, 1.165) is 37.7 Å². The van der Waals surface area contributed by atoms with Crippen LogP contribution in [-0.4, -0.2) is 41.4 Å². The minimum Gasteiger partial charge on any atom is -0.368 e. The van der Waals surface area contributed by atoms with Gasteiger partial charge in [-0.2, -0.15) is 0 Å². The van der Waals surface area contributed by atoms with Gasteiger partial charge in [0.25, 0.3) is 5.91 Å². The quantitative estimate of drug-likeness (QED) is 0.727. The molecule has 0 aromatic rings. The van der Waals surface area contributed by atoms with Crippen molar-refractivity contribution in [3.63, 3.8) is 0 Å². The third kappa shape index (κ3) is 2.77. The fourth-order valence-corrected chi connectivity index (χ4v) is 2.61.